The maximum atomic E-state index is 13.2. The lowest BCUT2D eigenvalue weighted by Crippen LogP contribution is -2.50. The first-order chi connectivity index (χ1) is 13.9. The molecule has 29 heavy (non-hydrogen) atoms. The number of carbonyl (C=O) groups excluding carboxylic acids is 1. The molecular formula is C20H24N5O4+. The maximum Gasteiger partial charge on any atom is 0.364 e. The van der Waals surface area contributed by atoms with Gasteiger partial charge in [-0.3, -0.25) is 14.2 Å². The van der Waals surface area contributed by atoms with Gasteiger partial charge >= 0.3 is 17.6 Å². The van der Waals surface area contributed by atoms with Crippen LogP contribution in [-0.4, -0.2) is 33.2 Å². The quantitative estimate of drug-likeness (QED) is 0.517. The normalized spacial score (nSPS) is 13.6. The van der Waals surface area contributed by atoms with Crippen molar-refractivity contribution >= 4 is 28.8 Å². The molecule has 1 aromatic carbocycles. The van der Waals surface area contributed by atoms with Crippen LogP contribution in [0.1, 0.15) is 18.9 Å². The van der Waals surface area contributed by atoms with Crippen LogP contribution in [0.5, 0.6) is 0 Å². The van der Waals surface area contributed by atoms with Gasteiger partial charge in [0.25, 0.3) is 5.56 Å². The van der Waals surface area contributed by atoms with E-state index in [0.29, 0.717) is 17.7 Å². The number of aryl methyl sites for hydroxylation is 3. The van der Waals surface area contributed by atoms with Crippen molar-refractivity contribution in [1.82, 2.24) is 14.1 Å². The Balaban J connectivity index is 1.92. The Hall–Kier alpha value is -3.36. The number of aromatic nitrogens is 4. The third-order valence-corrected chi connectivity index (χ3v) is 5.21. The van der Waals surface area contributed by atoms with Gasteiger partial charge in [-0.1, -0.05) is 12.1 Å². The molecular weight excluding hydrogens is 374 g/mol. The molecule has 0 spiro atoms. The van der Waals surface area contributed by atoms with Gasteiger partial charge in [-0.2, -0.15) is 0 Å². The van der Waals surface area contributed by atoms with Crippen molar-refractivity contribution in [2.45, 2.75) is 33.4 Å². The lowest BCUT2D eigenvalue weighted by atomic mass is 10.2. The molecule has 0 fully saturated rings. The number of hydrogen-bond donors (Lipinski definition) is 1. The van der Waals surface area contributed by atoms with Crippen LogP contribution in [0.15, 0.2) is 33.9 Å². The summed E-state index contributed by atoms with van der Waals surface area (Å²) in [5.74, 6) is 0.139. The number of esters is 1. The Labute approximate surface area is 166 Å². The van der Waals surface area contributed by atoms with Crippen LogP contribution in [0.3, 0.4) is 0 Å². The second-order valence-corrected chi connectivity index (χ2v) is 7.18. The molecule has 0 saturated heterocycles. The highest BCUT2D eigenvalue weighted by Gasteiger charge is 2.33. The standard InChI is InChI=1S/C20H23N5O4/c1-4-29-15(26)12-25-18(27)16-17(22(3)20(25)28)21-19-23(9-6-10-24(16)19)14-8-5-7-13(2)11-14/h5,7-8,11H,4,6,9-10,12H2,1-3H3/p+1. The molecule has 1 N–H and O–H groups in total. The van der Waals surface area contributed by atoms with E-state index in [1.165, 1.54) is 4.57 Å². The predicted octanol–water partition coefficient (Wildman–Crippen LogP) is 0.729. The number of nitrogens with zero attached hydrogens (tertiary/aromatic N) is 4. The lowest BCUT2D eigenvalue weighted by molar-refractivity contribution is -0.663. The summed E-state index contributed by atoms with van der Waals surface area (Å²) in [6.45, 7) is 4.93. The average molecular weight is 398 g/mol. The summed E-state index contributed by atoms with van der Waals surface area (Å²) in [6, 6.07) is 8.13. The second-order valence-electron chi connectivity index (χ2n) is 7.18. The van der Waals surface area contributed by atoms with E-state index in [1.807, 2.05) is 29.7 Å². The van der Waals surface area contributed by atoms with Gasteiger partial charge in [0.2, 0.25) is 11.2 Å². The van der Waals surface area contributed by atoms with Gasteiger partial charge in [-0.25, -0.2) is 23.8 Å². The zero-order chi connectivity index (χ0) is 20.7. The van der Waals surface area contributed by atoms with Crippen molar-refractivity contribution in [2.75, 3.05) is 18.1 Å². The fourth-order valence-corrected chi connectivity index (χ4v) is 3.86. The predicted molar refractivity (Wildman–Crippen MR) is 107 cm³/mol. The monoisotopic (exact) mass is 398 g/mol. The van der Waals surface area contributed by atoms with E-state index in [4.69, 9.17) is 4.74 Å². The van der Waals surface area contributed by atoms with Crippen LogP contribution < -0.4 is 20.7 Å². The van der Waals surface area contributed by atoms with Crippen LogP contribution in [0.2, 0.25) is 0 Å². The topological polar surface area (TPSA) is 93.2 Å². The Morgan fingerprint density at radius 3 is 2.83 bits per heavy atom. The molecule has 9 nitrogen and oxygen atoms in total. The van der Waals surface area contributed by atoms with Crippen molar-refractivity contribution in [2.24, 2.45) is 7.05 Å². The summed E-state index contributed by atoms with van der Waals surface area (Å²) in [7, 11) is 1.59. The Bertz CT molecular complexity index is 1220. The summed E-state index contributed by atoms with van der Waals surface area (Å²) < 4.78 is 9.12. The molecule has 4 rings (SSSR count). The van der Waals surface area contributed by atoms with E-state index >= 15 is 0 Å². The van der Waals surface area contributed by atoms with Gasteiger partial charge in [0, 0.05) is 13.5 Å². The number of nitrogens with one attached hydrogen (secondary N) is 1. The van der Waals surface area contributed by atoms with Crippen molar-refractivity contribution < 1.29 is 14.1 Å². The van der Waals surface area contributed by atoms with Crippen LogP contribution in [0.4, 0.5) is 11.6 Å². The van der Waals surface area contributed by atoms with Crippen molar-refractivity contribution in [3.05, 3.63) is 50.7 Å². The van der Waals surface area contributed by atoms with Gasteiger partial charge in [0.15, 0.2) is 0 Å². The number of hydrogen-bond acceptors (Lipinski definition) is 5. The van der Waals surface area contributed by atoms with Crippen LogP contribution in [-0.2, 0) is 29.7 Å². The number of fused-ring (bicyclic) bond motifs is 3. The molecule has 3 aromatic rings. The van der Waals surface area contributed by atoms with Gasteiger partial charge in [0.1, 0.15) is 12.2 Å². The summed E-state index contributed by atoms with van der Waals surface area (Å²) in [4.78, 5) is 43.2. The first-order valence-electron chi connectivity index (χ1n) is 9.67. The largest absolute Gasteiger partial charge is 0.465 e. The molecule has 0 bridgehead atoms. The number of H-pyrrole nitrogens is 1. The highest BCUT2D eigenvalue weighted by Crippen LogP contribution is 2.26. The van der Waals surface area contributed by atoms with E-state index in [2.05, 4.69) is 16.0 Å². The fraction of sp³-hybridized carbons (Fsp3) is 0.400. The van der Waals surface area contributed by atoms with Crippen molar-refractivity contribution in [3.8, 4) is 0 Å². The Morgan fingerprint density at radius 2 is 2.10 bits per heavy atom. The van der Waals surface area contributed by atoms with Crippen molar-refractivity contribution in [1.29, 1.82) is 0 Å². The van der Waals surface area contributed by atoms with Gasteiger partial charge in [-0.05, 0) is 31.5 Å². The van der Waals surface area contributed by atoms with Crippen molar-refractivity contribution in [3.63, 3.8) is 0 Å². The van der Waals surface area contributed by atoms with E-state index < -0.39 is 23.8 Å². The Kier molecular flexibility index (Phi) is 4.73. The number of carbonyl (C=O) groups is 1. The van der Waals surface area contributed by atoms with E-state index in [-0.39, 0.29) is 6.61 Å². The van der Waals surface area contributed by atoms with E-state index in [0.717, 1.165) is 34.7 Å². The van der Waals surface area contributed by atoms with E-state index in [9.17, 15) is 14.4 Å². The van der Waals surface area contributed by atoms with Crippen LogP contribution >= 0.6 is 0 Å². The number of aromatic amines is 1. The molecule has 1 aliphatic heterocycles. The molecule has 9 heteroatoms. The molecule has 0 amide bonds. The number of imidazole rings is 1. The third-order valence-electron chi connectivity index (χ3n) is 5.21. The summed E-state index contributed by atoms with van der Waals surface area (Å²) in [6.07, 6.45) is 0.846. The minimum atomic E-state index is -0.609. The summed E-state index contributed by atoms with van der Waals surface area (Å²) in [5.41, 5.74) is 1.92. The fourth-order valence-electron chi connectivity index (χ4n) is 3.86. The second kappa shape index (κ2) is 7.23. The summed E-state index contributed by atoms with van der Waals surface area (Å²) >= 11 is 0. The molecule has 152 valence electrons. The van der Waals surface area contributed by atoms with Crippen LogP contribution in [0, 0.1) is 6.92 Å². The maximum absolute atomic E-state index is 13.2. The molecule has 0 atom stereocenters. The SMILES string of the molecule is CCOC(=O)Cn1c(=O)c2c([nH]c3[n+]2CCCN3c2cccc(C)c2)n(C)c1=O. The Morgan fingerprint density at radius 1 is 1.31 bits per heavy atom. The molecule has 0 aliphatic carbocycles. The zero-order valence-corrected chi connectivity index (χ0v) is 16.8. The van der Waals surface area contributed by atoms with Gasteiger partial charge in [0.05, 0.1) is 19.7 Å². The molecule has 0 radical (unpaired) electrons. The highest BCUT2D eigenvalue weighted by molar-refractivity contribution is 5.72. The third kappa shape index (κ3) is 3.12. The molecule has 2 aromatic heterocycles. The molecule has 1 aliphatic rings. The van der Waals surface area contributed by atoms with Crippen LogP contribution in [0.25, 0.3) is 11.2 Å². The summed E-state index contributed by atoms with van der Waals surface area (Å²) in [5, 5.41) is 0. The zero-order valence-electron chi connectivity index (χ0n) is 16.8. The number of anilines is 2. The number of rotatable bonds is 4. The lowest BCUT2D eigenvalue weighted by Gasteiger charge is -2.22. The first kappa shape index (κ1) is 19.0. The first-order valence-corrected chi connectivity index (χ1v) is 9.67. The molecule has 3 heterocycles. The van der Waals surface area contributed by atoms with E-state index in [1.54, 1.807) is 14.0 Å². The number of ether oxygens (including phenoxy) is 1. The highest BCUT2D eigenvalue weighted by atomic mass is 16.5. The average Bonchev–Trinajstić information content (AvgIpc) is 3.09. The molecule has 0 saturated carbocycles. The minimum absolute atomic E-state index is 0.190. The minimum Gasteiger partial charge on any atom is -0.465 e. The van der Waals surface area contributed by atoms with Gasteiger partial charge < -0.3 is 4.74 Å². The van der Waals surface area contributed by atoms with Gasteiger partial charge in [-0.15, -0.1) is 0 Å². The molecule has 0 unspecified atom stereocenters. The smallest absolute Gasteiger partial charge is 0.364 e. The number of benzene rings is 1.